The van der Waals surface area contributed by atoms with Crippen molar-refractivity contribution in [3.63, 3.8) is 0 Å². The second-order valence-electron chi connectivity index (χ2n) is 6.48. The Morgan fingerprint density at radius 2 is 1.32 bits per heavy atom. The number of hydrogen-bond donors (Lipinski definition) is 2. The van der Waals surface area contributed by atoms with Crippen molar-refractivity contribution in [1.82, 2.24) is 0 Å². The third-order valence-corrected chi connectivity index (χ3v) is 4.38. The van der Waals surface area contributed by atoms with E-state index in [-0.39, 0.29) is 24.0 Å². The molecule has 0 amide bonds. The van der Waals surface area contributed by atoms with Crippen molar-refractivity contribution in [2.45, 2.75) is 91.6 Å². The second kappa shape index (κ2) is 10.7. The summed E-state index contributed by atoms with van der Waals surface area (Å²) in [5, 5.41) is 20.4. The highest BCUT2D eigenvalue weighted by atomic mass is 16.3. The normalized spacial score (nSPS) is 16.6. The maximum absolute atomic E-state index is 10.5. The molecule has 2 nitrogen and oxygen atoms in total. The average molecular weight is 272 g/mol. The van der Waals surface area contributed by atoms with E-state index in [9.17, 15) is 10.2 Å². The first-order valence-electron chi connectivity index (χ1n) is 8.33. The van der Waals surface area contributed by atoms with Crippen LogP contribution in [-0.2, 0) is 0 Å². The smallest absolute Gasteiger partial charge is 0.0641 e. The lowest BCUT2D eigenvalue weighted by molar-refractivity contribution is -0.0570. The first kappa shape index (κ1) is 18.9. The first-order valence-corrected chi connectivity index (χ1v) is 8.33. The lowest BCUT2D eigenvalue weighted by Crippen LogP contribution is -2.42. The molecule has 0 aromatic carbocycles. The van der Waals surface area contributed by atoms with Crippen LogP contribution in [0.4, 0.5) is 0 Å². The van der Waals surface area contributed by atoms with Gasteiger partial charge in [-0.25, -0.2) is 0 Å². The molecule has 0 aliphatic rings. The van der Waals surface area contributed by atoms with Gasteiger partial charge in [-0.15, -0.1) is 0 Å². The summed E-state index contributed by atoms with van der Waals surface area (Å²) in [6.07, 6.45) is 9.89. The van der Waals surface area contributed by atoms with Crippen LogP contribution in [0.5, 0.6) is 0 Å². The van der Waals surface area contributed by atoms with Gasteiger partial charge in [0.25, 0.3) is 0 Å². The van der Waals surface area contributed by atoms with Crippen LogP contribution in [0.3, 0.4) is 0 Å². The molecule has 0 bridgehead atoms. The molecule has 2 atom stereocenters. The van der Waals surface area contributed by atoms with Crippen LogP contribution in [-0.4, -0.2) is 22.9 Å². The Kier molecular flexibility index (Phi) is 10.6. The van der Waals surface area contributed by atoms with E-state index in [1.54, 1.807) is 0 Å². The summed E-state index contributed by atoms with van der Waals surface area (Å²) >= 11 is 0. The van der Waals surface area contributed by atoms with Crippen molar-refractivity contribution in [3.8, 4) is 0 Å². The Morgan fingerprint density at radius 1 is 0.842 bits per heavy atom. The first-order chi connectivity index (χ1) is 9.04. The Hall–Kier alpha value is -0.0800. The van der Waals surface area contributed by atoms with Crippen molar-refractivity contribution in [2.24, 2.45) is 11.3 Å². The summed E-state index contributed by atoms with van der Waals surface area (Å²) in [5.74, 6) is 0.222. The topological polar surface area (TPSA) is 40.5 Å². The van der Waals surface area contributed by atoms with Crippen molar-refractivity contribution < 1.29 is 10.2 Å². The molecule has 0 saturated heterocycles. The highest BCUT2D eigenvalue weighted by Gasteiger charge is 2.37. The van der Waals surface area contributed by atoms with Crippen molar-refractivity contribution in [3.05, 3.63) is 0 Å². The third kappa shape index (κ3) is 6.76. The minimum atomic E-state index is -0.379. The molecule has 0 fully saturated rings. The van der Waals surface area contributed by atoms with Gasteiger partial charge in [-0.1, -0.05) is 72.6 Å². The predicted molar refractivity (Wildman–Crippen MR) is 83.3 cm³/mol. The van der Waals surface area contributed by atoms with Gasteiger partial charge in [0.2, 0.25) is 0 Å². The Labute approximate surface area is 120 Å². The van der Waals surface area contributed by atoms with Gasteiger partial charge < -0.3 is 10.2 Å². The fourth-order valence-corrected chi connectivity index (χ4v) is 3.01. The molecule has 2 N–H and O–H groups in total. The predicted octanol–water partition coefficient (Wildman–Crippen LogP) is 4.53. The Bertz CT molecular complexity index is 203. The maximum Gasteiger partial charge on any atom is 0.0641 e. The molecule has 0 saturated carbocycles. The van der Waals surface area contributed by atoms with Crippen LogP contribution >= 0.6 is 0 Å². The van der Waals surface area contributed by atoms with E-state index in [1.165, 1.54) is 32.1 Å². The summed E-state index contributed by atoms with van der Waals surface area (Å²) in [4.78, 5) is 0. The number of aliphatic hydroxyl groups excluding tert-OH is 2. The van der Waals surface area contributed by atoms with E-state index in [0.717, 1.165) is 25.7 Å². The molecule has 0 aromatic rings. The van der Waals surface area contributed by atoms with Crippen LogP contribution in [0.1, 0.15) is 85.5 Å². The molecular weight excluding hydrogens is 236 g/mol. The molecule has 2 unspecified atom stereocenters. The number of unbranched alkanes of at least 4 members (excludes halogenated alkanes) is 5. The standard InChI is InChI=1S/C17H36O2/c1-5-7-9-11-13-17(14-18,12-10-8-6-2)16(19)15(3)4/h15-16,18-19H,5-14H2,1-4H3. The van der Waals surface area contributed by atoms with E-state index in [1.807, 2.05) is 0 Å². The van der Waals surface area contributed by atoms with Crippen LogP contribution in [0.25, 0.3) is 0 Å². The average Bonchev–Trinajstić information content (AvgIpc) is 2.41. The second-order valence-corrected chi connectivity index (χ2v) is 6.48. The van der Waals surface area contributed by atoms with E-state index in [2.05, 4.69) is 27.7 Å². The molecular formula is C17H36O2. The largest absolute Gasteiger partial charge is 0.396 e. The van der Waals surface area contributed by atoms with Crippen molar-refractivity contribution in [2.75, 3.05) is 6.61 Å². The molecule has 0 radical (unpaired) electrons. The lowest BCUT2D eigenvalue weighted by Gasteiger charge is -2.39. The van der Waals surface area contributed by atoms with Crippen LogP contribution in [0.2, 0.25) is 0 Å². The fraction of sp³-hybridized carbons (Fsp3) is 1.00. The van der Waals surface area contributed by atoms with Gasteiger partial charge >= 0.3 is 0 Å². The van der Waals surface area contributed by atoms with Gasteiger partial charge in [-0.2, -0.15) is 0 Å². The van der Waals surface area contributed by atoms with E-state index >= 15 is 0 Å². The Balaban J connectivity index is 4.55. The number of rotatable bonds is 12. The number of hydrogen-bond acceptors (Lipinski definition) is 2. The molecule has 116 valence electrons. The summed E-state index contributed by atoms with van der Waals surface area (Å²) in [5.41, 5.74) is -0.267. The fourth-order valence-electron chi connectivity index (χ4n) is 3.01. The van der Waals surface area contributed by atoms with Crippen molar-refractivity contribution >= 4 is 0 Å². The lowest BCUT2D eigenvalue weighted by atomic mass is 9.71. The minimum absolute atomic E-state index is 0.127. The Morgan fingerprint density at radius 3 is 1.74 bits per heavy atom. The van der Waals surface area contributed by atoms with Gasteiger partial charge in [-0.05, 0) is 18.8 Å². The van der Waals surface area contributed by atoms with Crippen LogP contribution in [0, 0.1) is 11.3 Å². The summed E-state index contributed by atoms with van der Waals surface area (Å²) in [7, 11) is 0. The summed E-state index contributed by atoms with van der Waals surface area (Å²) in [6, 6.07) is 0. The van der Waals surface area contributed by atoms with Gasteiger partial charge in [0.05, 0.1) is 12.7 Å². The highest BCUT2D eigenvalue weighted by molar-refractivity contribution is 4.87. The zero-order valence-corrected chi connectivity index (χ0v) is 13.6. The molecule has 0 aromatic heterocycles. The minimum Gasteiger partial charge on any atom is -0.396 e. The van der Waals surface area contributed by atoms with Gasteiger partial charge in [-0.3, -0.25) is 0 Å². The molecule has 0 rings (SSSR count). The highest BCUT2D eigenvalue weighted by Crippen LogP contribution is 2.38. The van der Waals surface area contributed by atoms with E-state index in [0.29, 0.717) is 0 Å². The number of aliphatic hydroxyl groups is 2. The molecule has 0 spiro atoms. The SMILES string of the molecule is CCCCCCC(CO)(CCCCC)C(O)C(C)C. The molecule has 0 heterocycles. The van der Waals surface area contributed by atoms with Gasteiger partial charge in [0.15, 0.2) is 0 Å². The van der Waals surface area contributed by atoms with Gasteiger partial charge in [0.1, 0.15) is 0 Å². The van der Waals surface area contributed by atoms with Gasteiger partial charge in [0, 0.05) is 5.41 Å². The zero-order chi connectivity index (χ0) is 14.7. The molecule has 19 heavy (non-hydrogen) atoms. The van der Waals surface area contributed by atoms with Crippen molar-refractivity contribution in [1.29, 1.82) is 0 Å². The molecule has 0 aliphatic carbocycles. The molecule has 0 aliphatic heterocycles. The third-order valence-electron chi connectivity index (χ3n) is 4.38. The summed E-state index contributed by atoms with van der Waals surface area (Å²) < 4.78 is 0. The monoisotopic (exact) mass is 272 g/mol. The quantitative estimate of drug-likeness (QED) is 0.512. The van der Waals surface area contributed by atoms with Crippen LogP contribution in [0.15, 0.2) is 0 Å². The van der Waals surface area contributed by atoms with E-state index in [4.69, 9.17) is 0 Å². The van der Waals surface area contributed by atoms with E-state index < -0.39 is 0 Å². The molecule has 2 heteroatoms. The summed E-state index contributed by atoms with van der Waals surface area (Å²) in [6.45, 7) is 8.65. The zero-order valence-electron chi connectivity index (χ0n) is 13.6. The van der Waals surface area contributed by atoms with Crippen LogP contribution < -0.4 is 0 Å². The maximum atomic E-state index is 10.5.